The average molecular weight is 101 g/mol. The molecule has 0 N–H and O–H groups in total. The molecular weight excluding hydrogens is 89.8 g/mol. The zero-order valence-electron chi connectivity index (χ0n) is 5.52. The molecule has 0 aliphatic rings. The van der Waals surface area contributed by atoms with Gasteiger partial charge in [-0.1, -0.05) is 22.1 Å². The van der Waals surface area contributed by atoms with Crippen LogP contribution in [0.1, 0.15) is 20.8 Å². The Morgan fingerprint density at radius 2 is 2.17 bits per heavy atom. The maximum Gasteiger partial charge on any atom is -0.0680 e. The van der Waals surface area contributed by atoms with E-state index < -0.39 is 0 Å². The minimum absolute atomic E-state index is 0.280. The fourth-order valence-electron chi connectivity index (χ4n) is 0. The molecule has 0 atom stereocenters. The molecule has 0 aromatic carbocycles. The lowest BCUT2D eigenvalue weighted by Crippen LogP contribution is -2.02. The van der Waals surface area contributed by atoms with Crippen molar-refractivity contribution in [3.05, 3.63) is 0 Å². The van der Waals surface area contributed by atoms with E-state index >= 15 is 0 Å². The fourth-order valence-corrected chi connectivity index (χ4v) is 0. The van der Waals surface area contributed by atoms with Gasteiger partial charge in [0.2, 0.25) is 0 Å². The molecule has 0 aromatic rings. The van der Waals surface area contributed by atoms with E-state index in [0.717, 1.165) is 8.46 Å². The van der Waals surface area contributed by atoms with Gasteiger partial charge in [-0.05, 0) is 0 Å². The Labute approximate surface area is 44.2 Å². The van der Waals surface area contributed by atoms with Crippen molar-refractivity contribution in [2.24, 2.45) is 0 Å². The summed E-state index contributed by atoms with van der Waals surface area (Å²) in [4.78, 5) is 0. The summed E-state index contributed by atoms with van der Waals surface area (Å²) in [5, 5.41) is 0.280. The van der Waals surface area contributed by atoms with Crippen molar-refractivity contribution < 1.29 is 0 Å². The molecule has 0 aliphatic heterocycles. The summed E-state index contributed by atoms with van der Waals surface area (Å²) in [5.74, 6) is 0. The Hall–Kier alpha value is 0.495. The summed E-state index contributed by atoms with van der Waals surface area (Å²) in [6.45, 7) is 6.33. The van der Waals surface area contributed by atoms with Crippen LogP contribution in [0.4, 0.5) is 0 Å². The molecule has 0 spiro atoms. The van der Waals surface area contributed by atoms with Gasteiger partial charge in [0.15, 0.2) is 0 Å². The molecule has 6 heavy (non-hydrogen) atoms. The monoisotopic (exact) mass is 101 g/mol. The fraction of sp³-hybridized carbons (Fsp3) is 1.00. The highest BCUT2D eigenvalue weighted by Gasteiger charge is 1.87. The summed E-state index contributed by atoms with van der Waals surface area (Å²) in [7, 11) is 2.53. The Morgan fingerprint density at radius 3 is 2.17 bits per heavy atom. The van der Waals surface area contributed by atoms with Gasteiger partial charge in [-0.3, -0.25) is 0 Å². The van der Waals surface area contributed by atoms with E-state index in [1.165, 1.54) is 7.53 Å². The van der Waals surface area contributed by atoms with Crippen molar-refractivity contribution in [1.29, 1.82) is 1.34 Å². The first-order chi connectivity index (χ1) is 3.06. The predicted octanol–water partition coefficient (Wildman–Crippen LogP) is 1.55. The van der Waals surface area contributed by atoms with Crippen LogP contribution in [0.15, 0.2) is 0 Å². The van der Waals surface area contributed by atoms with Crippen LogP contribution >= 0.6 is 8.46 Å². The molecule has 35 valence electrons. The molecule has 0 saturated carbocycles. The molecular formula is C4H10BP-. The van der Waals surface area contributed by atoms with E-state index in [-0.39, 0.29) is 5.16 Å². The first-order valence-electron chi connectivity index (χ1n) is 2.56. The molecule has 0 bridgehead atoms. The Kier molecular flexibility index (Phi) is 1.53. The van der Waals surface area contributed by atoms with Crippen molar-refractivity contribution in [3.63, 3.8) is 0 Å². The SMILES string of the molecule is [2H][B][P-]C(C)(C)C. The highest BCUT2D eigenvalue weighted by molar-refractivity contribution is 7.67. The quantitative estimate of drug-likeness (QED) is 0.347. The van der Waals surface area contributed by atoms with E-state index in [2.05, 4.69) is 20.8 Å². The van der Waals surface area contributed by atoms with Crippen molar-refractivity contribution in [2.75, 3.05) is 0 Å². The molecule has 0 fully saturated rings. The van der Waals surface area contributed by atoms with Gasteiger partial charge in [0, 0.05) is 0 Å². The van der Waals surface area contributed by atoms with Crippen molar-refractivity contribution in [2.45, 2.75) is 25.9 Å². The van der Waals surface area contributed by atoms with Gasteiger partial charge in [0.05, 0.1) is 0 Å². The van der Waals surface area contributed by atoms with E-state index in [0.29, 0.717) is 0 Å². The normalized spacial score (nSPS) is 15.5. The lowest BCUT2D eigenvalue weighted by atomic mass is 10.3. The van der Waals surface area contributed by atoms with E-state index in [9.17, 15) is 0 Å². The average Bonchev–Trinajstić information content (AvgIpc) is 1.30. The standard InChI is InChI=1S/C4H10BP/c1-4(2,3)6-5/h5H,1-3H3/q-1/i5D. The van der Waals surface area contributed by atoms with Crippen LogP contribution < -0.4 is 0 Å². The first-order valence-corrected chi connectivity index (χ1v) is 2.95. The topological polar surface area (TPSA) is 0 Å². The van der Waals surface area contributed by atoms with Gasteiger partial charge in [0.25, 0.3) is 0 Å². The lowest BCUT2D eigenvalue weighted by molar-refractivity contribution is 0.801. The van der Waals surface area contributed by atoms with E-state index in [1.54, 1.807) is 0 Å². The Bertz CT molecular complexity index is 50.1. The van der Waals surface area contributed by atoms with Gasteiger partial charge in [-0.2, -0.15) is 5.16 Å². The van der Waals surface area contributed by atoms with Crippen LogP contribution in [0.25, 0.3) is 0 Å². The lowest BCUT2D eigenvalue weighted by Gasteiger charge is -2.31. The zero-order valence-corrected chi connectivity index (χ0v) is 5.42. The second-order valence-corrected chi connectivity index (χ2v) is 3.90. The van der Waals surface area contributed by atoms with Crippen LogP contribution in [-0.4, -0.2) is 14.0 Å². The van der Waals surface area contributed by atoms with Crippen molar-refractivity contribution in [3.8, 4) is 0 Å². The summed E-state index contributed by atoms with van der Waals surface area (Å²) < 4.78 is 6.72. The zero-order chi connectivity index (χ0) is 5.91. The Balaban J connectivity index is 3.15. The predicted molar refractivity (Wildman–Crippen MR) is 33.8 cm³/mol. The minimum atomic E-state index is 0.280. The third kappa shape index (κ3) is 4.49. The third-order valence-electron chi connectivity index (χ3n) is 0.387. The maximum atomic E-state index is 6.72. The largest absolute Gasteiger partial charge is 0.575 e. The highest BCUT2D eigenvalue weighted by atomic mass is 31.1. The van der Waals surface area contributed by atoms with Crippen LogP contribution in [0, 0.1) is 0 Å². The van der Waals surface area contributed by atoms with Crippen LogP contribution in [0.2, 0.25) is 0 Å². The summed E-state index contributed by atoms with van der Waals surface area (Å²) >= 11 is 0. The summed E-state index contributed by atoms with van der Waals surface area (Å²) in [6.07, 6.45) is 0. The maximum absolute atomic E-state index is 6.72. The number of rotatable bonds is 1. The first kappa shape index (κ1) is 4.65. The van der Waals surface area contributed by atoms with Crippen LogP contribution in [-0.2, 0) is 0 Å². The smallest absolute Gasteiger partial charge is 0.0680 e. The molecule has 0 saturated heterocycles. The van der Waals surface area contributed by atoms with Gasteiger partial charge >= 0.3 is 0 Å². The van der Waals surface area contributed by atoms with Gasteiger partial charge in [-0.25, -0.2) is 0 Å². The molecule has 0 aliphatic carbocycles. The molecule has 0 nitrogen and oxygen atoms in total. The molecule has 2 heteroatoms. The second-order valence-electron chi connectivity index (χ2n) is 2.30. The van der Waals surface area contributed by atoms with E-state index in [1.807, 2.05) is 0 Å². The minimum Gasteiger partial charge on any atom is -0.575 e. The van der Waals surface area contributed by atoms with Crippen molar-refractivity contribution >= 4 is 16.0 Å². The molecule has 0 rings (SSSR count). The number of hydrogen-bond donors (Lipinski definition) is 0. The summed E-state index contributed by atoms with van der Waals surface area (Å²) in [6, 6.07) is 0. The molecule has 0 heterocycles. The van der Waals surface area contributed by atoms with Crippen molar-refractivity contribution in [1.82, 2.24) is 0 Å². The second kappa shape index (κ2) is 1.98. The van der Waals surface area contributed by atoms with Crippen LogP contribution in [0.3, 0.4) is 0 Å². The van der Waals surface area contributed by atoms with E-state index in [4.69, 9.17) is 1.34 Å². The highest BCUT2D eigenvalue weighted by Crippen LogP contribution is 2.24. The summed E-state index contributed by atoms with van der Waals surface area (Å²) in [5.41, 5.74) is 0. The Morgan fingerprint density at radius 1 is 1.67 bits per heavy atom. The van der Waals surface area contributed by atoms with Gasteiger partial charge < -0.3 is 8.46 Å². The van der Waals surface area contributed by atoms with Gasteiger partial charge in [0.1, 0.15) is 0 Å². The molecule has 0 unspecified atom stereocenters. The van der Waals surface area contributed by atoms with Crippen LogP contribution in [0.5, 0.6) is 0 Å². The molecule has 1 radical (unpaired) electrons. The number of hydrogen-bond acceptors (Lipinski definition) is 0. The molecule has 0 aromatic heterocycles. The molecule has 0 amide bonds. The van der Waals surface area contributed by atoms with Gasteiger partial charge in [-0.15, -0.1) is 7.53 Å². The third-order valence-corrected chi connectivity index (χ3v) is 1.16.